The van der Waals surface area contributed by atoms with Gasteiger partial charge in [-0.1, -0.05) is 64.7 Å². The summed E-state index contributed by atoms with van der Waals surface area (Å²) in [5, 5.41) is 0. The van der Waals surface area contributed by atoms with Gasteiger partial charge in [0, 0.05) is 25.6 Å². The summed E-state index contributed by atoms with van der Waals surface area (Å²) < 4.78 is 10.9. The first-order valence-corrected chi connectivity index (χ1v) is 10.2. The second-order valence-corrected chi connectivity index (χ2v) is 7.33. The summed E-state index contributed by atoms with van der Waals surface area (Å²) in [4.78, 5) is 14.0. The minimum atomic E-state index is -0.456. The molecule has 1 rings (SSSR count). The van der Waals surface area contributed by atoms with E-state index in [4.69, 9.17) is 9.47 Å². The zero-order chi connectivity index (χ0) is 21.5. The third kappa shape index (κ3) is 11.7. The molecule has 0 N–H and O–H groups in total. The molecule has 4 nitrogen and oxygen atoms in total. The molecule has 0 bridgehead atoms. The van der Waals surface area contributed by atoms with Crippen LogP contribution in [0.4, 0.5) is 4.79 Å². The normalized spacial score (nSPS) is 15.8. The number of piperidine rings is 1. The van der Waals surface area contributed by atoms with Gasteiger partial charge in [-0.05, 0) is 40.0 Å². The van der Waals surface area contributed by atoms with Crippen molar-refractivity contribution in [1.29, 1.82) is 0 Å². The predicted octanol–water partition coefficient (Wildman–Crippen LogP) is 6.39. The second kappa shape index (κ2) is 14.5. The van der Waals surface area contributed by atoms with Crippen LogP contribution in [0, 0.1) is 5.41 Å². The number of carbonyl (C=O) groups is 1. The third-order valence-electron chi connectivity index (χ3n) is 4.00. The minimum Gasteiger partial charge on any atom is -0.444 e. The minimum absolute atomic E-state index is 0.0376. The number of ether oxygens (including phenoxy) is 2. The topological polar surface area (TPSA) is 38.8 Å². The Morgan fingerprint density at radius 1 is 1.15 bits per heavy atom. The molecular weight excluding hydrogens is 338 g/mol. The highest BCUT2D eigenvalue weighted by atomic mass is 16.6. The molecule has 0 aromatic rings. The van der Waals surface area contributed by atoms with Crippen molar-refractivity contribution in [3.05, 3.63) is 37.0 Å². The summed E-state index contributed by atoms with van der Waals surface area (Å²) in [5.41, 5.74) is 0.644. The zero-order valence-corrected chi connectivity index (χ0v) is 19.1. The fraction of sp³-hybridized carbons (Fsp3) is 0.696. The van der Waals surface area contributed by atoms with Gasteiger partial charge in [0.15, 0.2) is 0 Å². The lowest BCUT2D eigenvalue weighted by Gasteiger charge is -2.42. The lowest BCUT2D eigenvalue weighted by Crippen LogP contribution is -2.46. The molecule has 0 saturated carbocycles. The van der Waals surface area contributed by atoms with Crippen LogP contribution < -0.4 is 0 Å². The fourth-order valence-electron chi connectivity index (χ4n) is 2.91. The van der Waals surface area contributed by atoms with Gasteiger partial charge in [0.2, 0.25) is 0 Å². The summed E-state index contributed by atoms with van der Waals surface area (Å²) in [6.45, 7) is 23.5. The van der Waals surface area contributed by atoms with E-state index in [1.165, 1.54) is 0 Å². The van der Waals surface area contributed by atoms with Crippen molar-refractivity contribution in [3.63, 3.8) is 0 Å². The molecule has 0 atom stereocenters. The number of hydrogen-bond donors (Lipinski definition) is 0. The Morgan fingerprint density at radius 2 is 1.67 bits per heavy atom. The molecule has 0 aromatic carbocycles. The quantitative estimate of drug-likeness (QED) is 0.500. The first-order valence-electron chi connectivity index (χ1n) is 10.2. The van der Waals surface area contributed by atoms with Crippen molar-refractivity contribution in [2.45, 2.75) is 73.3 Å². The number of hydrogen-bond acceptors (Lipinski definition) is 3. The lowest BCUT2D eigenvalue weighted by molar-refractivity contribution is -0.00644. The van der Waals surface area contributed by atoms with Crippen molar-refractivity contribution in [2.75, 3.05) is 26.8 Å². The molecule has 0 aliphatic carbocycles. The second-order valence-electron chi connectivity index (χ2n) is 7.33. The molecule has 1 heterocycles. The van der Waals surface area contributed by atoms with Crippen LogP contribution in [0.1, 0.15) is 67.7 Å². The lowest BCUT2D eigenvalue weighted by atomic mass is 9.74. The van der Waals surface area contributed by atoms with E-state index >= 15 is 0 Å². The number of amides is 1. The number of rotatable bonds is 6. The smallest absolute Gasteiger partial charge is 0.410 e. The predicted molar refractivity (Wildman–Crippen MR) is 117 cm³/mol. The summed E-state index contributed by atoms with van der Waals surface area (Å²) >= 11 is 0. The van der Waals surface area contributed by atoms with Crippen LogP contribution in [-0.2, 0) is 9.47 Å². The molecule has 0 unspecified atom stereocenters. The highest BCUT2D eigenvalue weighted by Crippen LogP contribution is 2.38. The monoisotopic (exact) mass is 381 g/mol. The van der Waals surface area contributed by atoms with Crippen LogP contribution in [-0.4, -0.2) is 43.4 Å². The summed E-state index contributed by atoms with van der Waals surface area (Å²) in [6.07, 6.45) is 8.06. The Labute approximate surface area is 168 Å². The molecule has 0 radical (unpaired) electrons. The van der Waals surface area contributed by atoms with Crippen molar-refractivity contribution < 1.29 is 14.3 Å². The van der Waals surface area contributed by atoms with Crippen LogP contribution >= 0.6 is 0 Å². The van der Waals surface area contributed by atoms with E-state index in [2.05, 4.69) is 13.2 Å². The maximum atomic E-state index is 12.2. The summed E-state index contributed by atoms with van der Waals surface area (Å²) in [5.74, 6) is 0. The standard InChI is InChI=1S/C19H31NO3.2C2H6/c1-7-8-9-16(2)14-19(15-22-6)10-12-20(13-11-19)17(21)23-18(3,4)5;2*1-2/h7-9H,1-2,10-15H2,3-6H3;2*1-2H3/b9-8-;;. The molecule has 1 fully saturated rings. The van der Waals surface area contributed by atoms with E-state index in [-0.39, 0.29) is 11.5 Å². The molecule has 27 heavy (non-hydrogen) atoms. The number of methoxy groups -OCH3 is 1. The van der Waals surface area contributed by atoms with Gasteiger partial charge in [0.25, 0.3) is 0 Å². The van der Waals surface area contributed by atoms with Crippen molar-refractivity contribution in [1.82, 2.24) is 4.90 Å². The van der Waals surface area contributed by atoms with E-state index in [0.717, 1.165) is 24.8 Å². The van der Waals surface area contributed by atoms with E-state index in [9.17, 15) is 4.79 Å². The van der Waals surface area contributed by atoms with E-state index in [1.807, 2.05) is 60.6 Å². The van der Waals surface area contributed by atoms with Crippen LogP contribution in [0.3, 0.4) is 0 Å². The Hall–Kier alpha value is -1.55. The van der Waals surface area contributed by atoms with E-state index < -0.39 is 5.60 Å². The first-order chi connectivity index (χ1) is 12.7. The van der Waals surface area contributed by atoms with Crippen molar-refractivity contribution >= 4 is 6.09 Å². The van der Waals surface area contributed by atoms with Crippen LogP contribution in [0.25, 0.3) is 0 Å². The highest BCUT2D eigenvalue weighted by molar-refractivity contribution is 5.68. The van der Waals surface area contributed by atoms with Crippen LogP contribution in [0.15, 0.2) is 37.0 Å². The van der Waals surface area contributed by atoms with Gasteiger partial charge in [0.1, 0.15) is 5.60 Å². The molecule has 1 saturated heterocycles. The van der Waals surface area contributed by atoms with Gasteiger partial charge in [-0.25, -0.2) is 4.79 Å². The van der Waals surface area contributed by atoms with Gasteiger partial charge < -0.3 is 14.4 Å². The average Bonchev–Trinajstić information content (AvgIpc) is 2.62. The number of likely N-dealkylation sites (tertiary alicyclic amines) is 1. The molecular formula is C23H43NO3. The van der Waals surface area contributed by atoms with Gasteiger partial charge in [-0.2, -0.15) is 0 Å². The molecule has 1 amide bonds. The highest BCUT2D eigenvalue weighted by Gasteiger charge is 2.37. The maximum absolute atomic E-state index is 12.2. The van der Waals surface area contributed by atoms with E-state index in [1.54, 1.807) is 18.1 Å². The molecule has 0 aromatic heterocycles. The Balaban J connectivity index is 0. The first kappa shape index (κ1) is 27.7. The largest absolute Gasteiger partial charge is 0.444 e. The fourth-order valence-corrected chi connectivity index (χ4v) is 2.91. The molecule has 158 valence electrons. The van der Waals surface area contributed by atoms with E-state index in [0.29, 0.717) is 19.7 Å². The Morgan fingerprint density at radius 3 is 2.07 bits per heavy atom. The summed E-state index contributed by atoms with van der Waals surface area (Å²) in [7, 11) is 1.73. The number of nitrogens with zero attached hydrogens (tertiary/aromatic N) is 1. The molecule has 1 aliphatic heterocycles. The number of allylic oxidation sites excluding steroid dienone is 4. The van der Waals surface area contributed by atoms with Crippen LogP contribution in [0.5, 0.6) is 0 Å². The van der Waals surface area contributed by atoms with Gasteiger partial charge in [0.05, 0.1) is 6.61 Å². The Kier molecular flexibility index (Phi) is 14.9. The summed E-state index contributed by atoms with van der Waals surface area (Å²) in [6, 6.07) is 0. The van der Waals surface area contributed by atoms with Crippen molar-refractivity contribution in [3.8, 4) is 0 Å². The number of carbonyl (C=O) groups excluding carboxylic acids is 1. The zero-order valence-electron chi connectivity index (χ0n) is 19.1. The van der Waals surface area contributed by atoms with Crippen LogP contribution in [0.2, 0.25) is 0 Å². The molecule has 1 aliphatic rings. The average molecular weight is 382 g/mol. The SMILES string of the molecule is C=C/C=C\C(=C)CC1(COC)CCN(C(=O)OC(C)(C)C)CC1.CC.CC. The molecule has 0 spiro atoms. The Bertz CT molecular complexity index is 453. The van der Waals surface area contributed by atoms with Gasteiger partial charge in [-0.3, -0.25) is 0 Å². The van der Waals surface area contributed by atoms with Gasteiger partial charge >= 0.3 is 6.09 Å². The van der Waals surface area contributed by atoms with Crippen molar-refractivity contribution in [2.24, 2.45) is 5.41 Å². The third-order valence-corrected chi connectivity index (χ3v) is 4.00. The maximum Gasteiger partial charge on any atom is 0.410 e. The van der Waals surface area contributed by atoms with Gasteiger partial charge in [-0.15, -0.1) is 0 Å². The molecule has 4 heteroatoms.